The van der Waals surface area contributed by atoms with Gasteiger partial charge in [0.1, 0.15) is 5.82 Å². The maximum Gasteiger partial charge on any atom is 0.110 e. The molecule has 1 atom stereocenters. The summed E-state index contributed by atoms with van der Waals surface area (Å²) in [5.41, 5.74) is 9.87. The molecule has 0 amide bonds. The minimum atomic E-state index is -0.0439. The first-order valence-corrected chi connectivity index (χ1v) is 6.44. The molecule has 2 heterocycles. The van der Waals surface area contributed by atoms with Crippen molar-refractivity contribution in [3.05, 3.63) is 53.7 Å². The van der Waals surface area contributed by atoms with Crippen molar-refractivity contribution in [3.8, 4) is 0 Å². The van der Waals surface area contributed by atoms with Crippen LogP contribution in [0.3, 0.4) is 0 Å². The molecule has 98 valence electrons. The average molecular weight is 254 g/mol. The second-order valence-corrected chi connectivity index (χ2v) is 5.06. The van der Waals surface area contributed by atoms with Crippen LogP contribution in [0, 0.1) is 6.92 Å². The molecule has 0 aliphatic rings. The normalized spacial score (nSPS) is 13.0. The van der Waals surface area contributed by atoms with E-state index in [0.29, 0.717) is 0 Å². The first-order valence-electron chi connectivity index (χ1n) is 6.44. The third-order valence-electron chi connectivity index (χ3n) is 3.59. The van der Waals surface area contributed by atoms with Crippen molar-refractivity contribution >= 4 is 10.9 Å². The summed E-state index contributed by atoms with van der Waals surface area (Å²) < 4.78 is 2.01. The lowest BCUT2D eigenvalue weighted by molar-refractivity contribution is 0.663. The van der Waals surface area contributed by atoms with Gasteiger partial charge in [0.05, 0.1) is 0 Å². The average Bonchev–Trinajstić information content (AvgIpc) is 2.96. The molecular weight excluding hydrogens is 236 g/mol. The Hall–Kier alpha value is -2.07. The van der Waals surface area contributed by atoms with Crippen LogP contribution in [0.4, 0.5) is 0 Å². The van der Waals surface area contributed by atoms with E-state index in [2.05, 4.69) is 35.1 Å². The van der Waals surface area contributed by atoms with E-state index in [1.807, 2.05) is 24.0 Å². The summed E-state index contributed by atoms with van der Waals surface area (Å²) >= 11 is 0. The van der Waals surface area contributed by atoms with Crippen molar-refractivity contribution in [1.29, 1.82) is 0 Å². The molecular formula is C15H18N4. The van der Waals surface area contributed by atoms with E-state index >= 15 is 0 Å². The number of aromatic nitrogens is 3. The molecule has 1 unspecified atom stereocenters. The highest BCUT2D eigenvalue weighted by atomic mass is 15.0. The Morgan fingerprint density at radius 3 is 3.00 bits per heavy atom. The molecule has 3 rings (SSSR count). The number of nitrogens with zero attached hydrogens (tertiary/aromatic N) is 2. The van der Waals surface area contributed by atoms with E-state index in [-0.39, 0.29) is 6.04 Å². The summed E-state index contributed by atoms with van der Waals surface area (Å²) in [5.74, 6) is 1.01. The van der Waals surface area contributed by atoms with Crippen LogP contribution in [0.5, 0.6) is 0 Å². The number of H-pyrrole nitrogens is 1. The van der Waals surface area contributed by atoms with Crippen molar-refractivity contribution in [2.45, 2.75) is 19.4 Å². The van der Waals surface area contributed by atoms with Crippen LogP contribution in [-0.2, 0) is 13.5 Å². The fourth-order valence-corrected chi connectivity index (χ4v) is 2.47. The highest BCUT2D eigenvalue weighted by Gasteiger charge is 2.14. The van der Waals surface area contributed by atoms with Gasteiger partial charge in [-0.1, -0.05) is 12.1 Å². The summed E-state index contributed by atoms with van der Waals surface area (Å²) in [4.78, 5) is 7.63. The van der Waals surface area contributed by atoms with E-state index in [9.17, 15) is 0 Å². The lowest BCUT2D eigenvalue weighted by Crippen LogP contribution is -2.15. The molecule has 3 N–H and O–H groups in total. The Morgan fingerprint density at radius 1 is 1.42 bits per heavy atom. The van der Waals surface area contributed by atoms with Crippen LogP contribution in [0.2, 0.25) is 0 Å². The Kier molecular flexibility index (Phi) is 2.87. The smallest absolute Gasteiger partial charge is 0.110 e. The fraction of sp³-hybridized carbons (Fsp3) is 0.267. The Labute approximate surface area is 112 Å². The molecule has 0 radical (unpaired) electrons. The zero-order chi connectivity index (χ0) is 13.4. The molecule has 0 spiro atoms. The minimum absolute atomic E-state index is 0.0439. The molecule has 2 aromatic heterocycles. The maximum atomic E-state index is 6.33. The van der Waals surface area contributed by atoms with Crippen LogP contribution >= 0.6 is 0 Å². The molecule has 0 aliphatic carbocycles. The largest absolute Gasteiger partial charge is 0.361 e. The lowest BCUT2D eigenvalue weighted by atomic mass is 10.0. The highest BCUT2D eigenvalue weighted by Crippen LogP contribution is 2.25. The lowest BCUT2D eigenvalue weighted by Gasteiger charge is -2.10. The molecule has 0 saturated carbocycles. The third-order valence-corrected chi connectivity index (χ3v) is 3.59. The van der Waals surface area contributed by atoms with Gasteiger partial charge in [0.15, 0.2) is 0 Å². The van der Waals surface area contributed by atoms with Crippen LogP contribution < -0.4 is 5.73 Å². The van der Waals surface area contributed by atoms with Gasteiger partial charge in [0.2, 0.25) is 0 Å². The van der Waals surface area contributed by atoms with Crippen molar-refractivity contribution in [1.82, 2.24) is 14.5 Å². The van der Waals surface area contributed by atoms with Crippen molar-refractivity contribution < 1.29 is 0 Å². The van der Waals surface area contributed by atoms with E-state index in [0.717, 1.165) is 23.3 Å². The molecule has 0 saturated heterocycles. The summed E-state index contributed by atoms with van der Waals surface area (Å²) in [7, 11) is 1.99. The number of hydrogen-bond acceptors (Lipinski definition) is 2. The van der Waals surface area contributed by atoms with Crippen LogP contribution in [0.15, 0.2) is 36.8 Å². The first kappa shape index (κ1) is 12.0. The highest BCUT2D eigenvalue weighted by molar-refractivity contribution is 5.84. The number of imidazole rings is 1. The van der Waals surface area contributed by atoms with E-state index in [1.54, 1.807) is 6.20 Å². The Bertz CT molecular complexity index is 708. The first-order chi connectivity index (χ1) is 9.15. The molecule has 3 aromatic rings. The third kappa shape index (κ3) is 2.15. The standard InChI is InChI=1S/C15H18N4/c1-10-3-4-11-12(9-18-14(11)7-10)13(16)8-15-17-5-6-19(15)2/h3-7,9,13,18H,8,16H2,1-2H3. The van der Waals surface area contributed by atoms with Gasteiger partial charge in [0.25, 0.3) is 0 Å². The van der Waals surface area contributed by atoms with Crippen LogP contribution in [0.1, 0.15) is 23.0 Å². The molecule has 0 aliphatic heterocycles. The minimum Gasteiger partial charge on any atom is -0.361 e. The van der Waals surface area contributed by atoms with Gasteiger partial charge in [-0.25, -0.2) is 4.98 Å². The number of nitrogens with two attached hydrogens (primary N) is 1. The fourth-order valence-electron chi connectivity index (χ4n) is 2.47. The van der Waals surface area contributed by atoms with Crippen LogP contribution in [-0.4, -0.2) is 14.5 Å². The van der Waals surface area contributed by atoms with E-state index < -0.39 is 0 Å². The monoisotopic (exact) mass is 254 g/mol. The zero-order valence-corrected chi connectivity index (χ0v) is 11.2. The molecule has 0 fully saturated rings. The number of nitrogens with one attached hydrogen (secondary N) is 1. The molecule has 0 bridgehead atoms. The summed E-state index contributed by atoms with van der Waals surface area (Å²) in [5, 5.41) is 1.20. The Balaban J connectivity index is 1.93. The van der Waals surface area contributed by atoms with Gasteiger partial charge < -0.3 is 15.3 Å². The molecule has 19 heavy (non-hydrogen) atoms. The predicted octanol–water partition coefficient (Wildman–Crippen LogP) is 2.45. The van der Waals surface area contributed by atoms with Crippen molar-refractivity contribution in [2.24, 2.45) is 12.8 Å². The summed E-state index contributed by atoms with van der Waals surface area (Å²) in [6.45, 7) is 2.09. The SMILES string of the molecule is Cc1ccc2c(C(N)Cc3nccn3C)c[nH]c2c1. The number of aromatic amines is 1. The number of benzene rings is 1. The quantitative estimate of drug-likeness (QED) is 0.754. The Morgan fingerprint density at radius 2 is 2.26 bits per heavy atom. The maximum absolute atomic E-state index is 6.33. The molecule has 4 heteroatoms. The van der Waals surface area contributed by atoms with E-state index in [4.69, 9.17) is 5.73 Å². The number of aryl methyl sites for hydroxylation is 2. The van der Waals surface area contributed by atoms with Gasteiger partial charge in [0, 0.05) is 49.0 Å². The van der Waals surface area contributed by atoms with Gasteiger partial charge in [-0.2, -0.15) is 0 Å². The number of hydrogen-bond donors (Lipinski definition) is 2. The van der Waals surface area contributed by atoms with Gasteiger partial charge in [-0.3, -0.25) is 0 Å². The zero-order valence-electron chi connectivity index (χ0n) is 11.2. The van der Waals surface area contributed by atoms with Crippen molar-refractivity contribution in [3.63, 3.8) is 0 Å². The van der Waals surface area contributed by atoms with Gasteiger partial charge in [-0.15, -0.1) is 0 Å². The number of fused-ring (bicyclic) bond motifs is 1. The second kappa shape index (κ2) is 4.55. The van der Waals surface area contributed by atoms with Crippen molar-refractivity contribution in [2.75, 3.05) is 0 Å². The van der Waals surface area contributed by atoms with Gasteiger partial charge in [-0.05, 0) is 24.1 Å². The summed E-state index contributed by atoms with van der Waals surface area (Å²) in [6.07, 6.45) is 6.50. The molecule has 4 nitrogen and oxygen atoms in total. The topological polar surface area (TPSA) is 59.6 Å². The van der Waals surface area contributed by atoms with Crippen LogP contribution in [0.25, 0.3) is 10.9 Å². The summed E-state index contributed by atoms with van der Waals surface area (Å²) in [6, 6.07) is 6.35. The van der Waals surface area contributed by atoms with Gasteiger partial charge >= 0.3 is 0 Å². The predicted molar refractivity (Wildman–Crippen MR) is 76.9 cm³/mol. The second-order valence-electron chi connectivity index (χ2n) is 5.06. The van der Waals surface area contributed by atoms with E-state index in [1.165, 1.54) is 10.9 Å². The molecule has 1 aromatic carbocycles. The number of rotatable bonds is 3.